The van der Waals surface area contributed by atoms with Gasteiger partial charge in [0, 0.05) is 30.4 Å². The molecule has 0 fully saturated rings. The maximum Gasteiger partial charge on any atom is 0.223 e. The second-order valence-electron chi connectivity index (χ2n) is 13.2. The molecule has 0 aromatic heterocycles. The molecule has 7 nitrogen and oxygen atoms in total. The van der Waals surface area contributed by atoms with Gasteiger partial charge < -0.3 is 24.8 Å². The monoisotopic (exact) mass is 548 g/mol. The van der Waals surface area contributed by atoms with Crippen molar-refractivity contribution in [2.24, 2.45) is 17.3 Å². The Balaban J connectivity index is 1.63. The van der Waals surface area contributed by atoms with E-state index in [1.807, 2.05) is 27.7 Å². The van der Waals surface area contributed by atoms with Gasteiger partial charge in [-0.25, -0.2) is 0 Å². The molecule has 0 bridgehead atoms. The van der Waals surface area contributed by atoms with Gasteiger partial charge in [0.2, 0.25) is 10.9 Å². The first-order chi connectivity index (χ1) is 18.6. The number of hydrogen-bond acceptors (Lipinski definition) is 7. The molecule has 0 saturated heterocycles. The summed E-state index contributed by atoms with van der Waals surface area (Å²) >= 11 is 0. The normalized spacial score (nSPS) is 30.7. The molecule has 3 aliphatic rings. The van der Waals surface area contributed by atoms with Gasteiger partial charge in [-0.05, 0) is 93.2 Å². The van der Waals surface area contributed by atoms with Crippen LogP contribution in [0.25, 0.3) is 0 Å². The molecule has 2 aromatic rings. The van der Waals surface area contributed by atoms with Gasteiger partial charge in [0.1, 0.15) is 22.7 Å². The molecule has 3 N–H and O–H groups in total. The Morgan fingerprint density at radius 3 is 1.90 bits per heavy atom. The van der Waals surface area contributed by atoms with Crippen molar-refractivity contribution >= 4 is 0 Å². The fraction of sp³-hybridized carbons (Fsp3) is 0.515. The van der Waals surface area contributed by atoms with Gasteiger partial charge in [-0.1, -0.05) is 26.0 Å². The van der Waals surface area contributed by atoms with Crippen molar-refractivity contribution in [1.82, 2.24) is 0 Å². The molecule has 5 rings (SSSR count). The number of fused-ring (bicyclic) bond motifs is 4. The van der Waals surface area contributed by atoms with Crippen molar-refractivity contribution < 1.29 is 24.8 Å². The Labute approximate surface area is 235 Å². The summed E-state index contributed by atoms with van der Waals surface area (Å²) in [5, 5.41) is 32.4. The van der Waals surface area contributed by atoms with Crippen molar-refractivity contribution in [2.45, 2.75) is 91.0 Å². The molecule has 7 heteroatoms. The third kappa shape index (κ3) is 4.89. The Morgan fingerprint density at radius 2 is 1.32 bits per heavy atom. The topological polar surface area (TPSA) is 113 Å². The van der Waals surface area contributed by atoms with Crippen LogP contribution >= 0.6 is 0 Å². The Hall–Kier alpha value is -3.32. The van der Waals surface area contributed by atoms with Crippen molar-refractivity contribution in [3.05, 3.63) is 79.1 Å². The highest BCUT2D eigenvalue weighted by Gasteiger charge is 2.51. The summed E-state index contributed by atoms with van der Waals surface area (Å²) in [5.74, 6) is 0.0238. The zero-order chi connectivity index (χ0) is 29.2. The lowest BCUT2D eigenvalue weighted by atomic mass is 9.67. The maximum atomic E-state index is 12.6. The molecular formula is C33H40O7. The van der Waals surface area contributed by atoms with E-state index in [2.05, 4.69) is 26.0 Å². The number of rotatable bonds is 0. The van der Waals surface area contributed by atoms with E-state index >= 15 is 0 Å². The van der Waals surface area contributed by atoms with Crippen molar-refractivity contribution in [3.8, 4) is 23.0 Å². The van der Waals surface area contributed by atoms with E-state index in [1.165, 1.54) is 24.3 Å². The van der Waals surface area contributed by atoms with Crippen LogP contribution in [0.1, 0.15) is 69.2 Å². The molecule has 5 atom stereocenters. The van der Waals surface area contributed by atoms with Crippen LogP contribution in [-0.4, -0.2) is 32.6 Å². The zero-order valence-corrected chi connectivity index (χ0v) is 24.2. The summed E-state index contributed by atoms with van der Waals surface area (Å²) in [5.41, 5.74) is 0.287. The van der Waals surface area contributed by atoms with E-state index in [0.29, 0.717) is 37.2 Å². The minimum atomic E-state index is -1.01. The van der Waals surface area contributed by atoms with Crippen molar-refractivity contribution in [3.63, 3.8) is 0 Å². The van der Waals surface area contributed by atoms with Crippen LogP contribution in [0, 0.1) is 31.1 Å². The number of hydrogen-bond donors (Lipinski definition) is 3. The largest absolute Gasteiger partial charge is 0.504 e. The minimum Gasteiger partial charge on any atom is -0.504 e. The number of aliphatic hydroxyl groups excluding tert-OH is 1. The minimum absolute atomic E-state index is 0.0753. The van der Waals surface area contributed by atoms with E-state index in [9.17, 15) is 24.9 Å². The zero-order valence-electron chi connectivity index (χ0n) is 24.2. The molecule has 40 heavy (non-hydrogen) atoms. The van der Waals surface area contributed by atoms with Crippen LogP contribution in [0.4, 0.5) is 0 Å². The third-order valence-electron chi connectivity index (χ3n) is 9.56. The predicted molar refractivity (Wildman–Crippen MR) is 153 cm³/mol. The summed E-state index contributed by atoms with van der Waals surface area (Å²) < 4.78 is 13.2. The highest BCUT2D eigenvalue weighted by molar-refractivity contribution is 5.46. The van der Waals surface area contributed by atoms with E-state index in [0.717, 1.165) is 28.7 Å². The van der Waals surface area contributed by atoms with Crippen LogP contribution in [-0.2, 0) is 12.8 Å². The van der Waals surface area contributed by atoms with Gasteiger partial charge in [-0.2, -0.15) is 0 Å². The maximum absolute atomic E-state index is 12.6. The SMILES string of the molecule is Cc1cc(O)c(=O)cc2c1CC1CC(C)(C)C=CC[C@@]3(C)Oc4cc(=O)c(O)cc(C)c4CC3CC(O)[C@]1(C)O2. The standard InChI is InChI=1S/C33H40O7/c1-18-10-24(34)26(36)15-28-22(18)12-20-14-30(38)33(6)21(17-31(3,4)8-7-9-32(20,5)39-28)13-23-19(2)11-25(35)27(37)16-29(23)40-33/h7-8,10-11,15-16,20-21,30,38H,9,12-14,17H2,1-6H3,(H,34,36)(H,35,37)/t20?,21?,30?,32-,33-/m1/s1. The van der Waals surface area contributed by atoms with Gasteiger partial charge in [0.25, 0.3) is 0 Å². The molecule has 214 valence electrons. The van der Waals surface area contributed by atoms with E-state index in [1.54, 1.807) is 0 Å². The summed E-state index contributed by atoms with van der Waals surface area (Å²) in [4.78, 5) is 25.0. The number of aromatic hydroxyl groups is 2. The molecule has 2 aliphatic heterocycles. The van der Waals surface area contributed by atoms with E-state index < -0.39 is 28.2 Å². The summed E-state index contributed by atoms with van der Waals surface area (Å²) in [6.07, 6.45) is 6.29. The highest BCUT2D eigenvalue weighted by Crippen LogP contribution is 2.49. The Bertz CT molecular complexity index is 1510. The van der Waals surface area contributed by atoms with Crippen LogP contribution < -0.4 is 20.3 Å². The molecule has 1 aliphatic carbocycles. The Kier molecular flexibility index (Phi) is 6.81. The van der Waals surface area contributed by atoms with E-state index in [4.69, 9.17) is 9.47 Å². The lowest BCUT2D eigenvalue weighted by Crippen LogP contribution is -2.57. The highest BCUT2D eigenvalue weighted by atomic mass is 16.5. The van der Waals surface area contributed by atoms with Crippen molar-refractivity contribution in [2.75, 3.05) is 0 Å². The fourth-order valence-corrected chi connectivity index (χ4v) is 6.92. The number of allylic oxidation sites excluding steroid dienone is 1. The first kappa shape index (κ1) is 28.2. The number of ether oxygens (including phenoxy) is 2. The van der Waals surface area contributed by atoms with Gasteiger partial charge in [0.05, 0.1) is 6.10 Å². The molecule has 0 amide bonds. The van der Waals surface area contributed by atoms with Crippen molar-refractivity contribution in [1.29, 1.82) is 0 Å². The number of aryl methyl sites for hydroxylation is 2. The molecule has 2 heterocycles. The smallest absolute Gasteiger partial charge is 0.223 e. The van der Waals surface area contributed by atoms with Crippen LogP contribution in [0.5, 0.6) is 23.0 Å². The van der Waals surface area contributed by atoms with Gasteiger partial charge in [0.15, 0.2) is 11.5 Å². The second-order valence-corrected chi connectivity index (χ2v) is 13.2. The first-order valence-corrected chi connectivity index (χ1v) is 14.1. The second kappa shape index (κ2) is 9.65. The lowest BCUT2D eigenvalue weighted by molar-refractivity contribution is -0.117. The lowest BCUT2D eigenvalue weighted by Gasteiger charge is -2.49. The Morgan fingerprint density at radius 1 is 0.800 bits per heavy atom. The summed E-state index contributed by atoms with van der Waals surface area (Å²) in [7, 11) is 0. The van der Waals surface area contributed by atoms with Gasteiger partial charge in [-0.3, -0.25) is 9.59 Å². The predicted octanol–water partition coefficient (Wildman–Crippen LogP) is 4.88. The third-order valence-corrected chi connectivity index (χ3v) is 9.56. The fourth-order valence-electron chi connectivity index (χ4n) is 6.92. The average Bonchev–Trinajstić information content (AvgIpc) is 3.01. The van der Waals surface area contributed by atoms with Crippen LogP contribution in [0.15, 0.2) is 46.0 Å². The quantitative estimate of drug-likeness (QED) is 0.402. The molecule has 0 spiro atoms. The molecule has 3 unspecified atom stereocenters. The van der Waals surface area contributed by atoms with Gasteiger partial charge >= 0.3 is 0 Å². The average molecular weight is 549 g/mol. The van der Waals surface area contributed by atoms with Crippen LogP contribution in [0.3, 0.4) is 0 Å². The molecule has 0 radical (unpaired) electrons. The van der Waals surface area contributed by atoms with Gasteiger partial charge in [-0.15, -0.1) is 0 Å². The first-order valence-electron chi connectivity index (χ1n) is 14.1. The molecule has 0 saturated carbocycles. The summed E-state index contributed by atoms with van der Waals surface area (Å²) in [6, 6.07) is 5.68. The summed E-state index contributed by atoms with van der Waals surface area (Å²) in [6.45, 7) is 12.0. The molecule has 2 aromatic carbocycles. The number of aliphatic hydroxyl groups is 1. The van der Waals surface area contributed by atoms with E-state index in [-0.39, 0.29) is 28.7 Å². The van der Waals surface area contributed by atoms with Crippen LogP contribution in [0.2, 0.25) is 0 Å². The molecular weight excluding hydrogens is 508 g/mol.